The second-order valence-corrected chi connectivity index (χ2v) is 11.0. The van der Waals surface area contributed by atoms with Crippen molar-refractivity contribution >= 4 is 23.5 Å². The van der Waals surface area contributed by atoms with Crippen molar-refractivity contribution in [3.63, 3.8) is 0 Å². The van der Waals surface area contributed by atoms with Crippen LogP contribution in [0.3, 0.4) is 0 Å². The first-order valence-corrected chi connectivity index (χ1v) is 14.8. The summed E-state index contributed by atoms with van der Waals surface area (Å²) in [5.41, 5.74) is 5.04. The Morgan fingerprint density at radius 2 is 1.40 bits per heavy atom. The third-order valence-corrected chi connectivity index (χ3v) is 7.66. The highest BCUT2D eigenvalue weighted by Crippen LogP contribution is 2.32. The molecule has 0 atom stereocenters. The highest BCUT2D eigenvalue weighted by atomic mass is 19.4. The van der Waals surface area contributed by atoms with E-state index in [0.29, 0.717) is 16.8 Å². The van der Waals surface area contributed by atoms with Gasteiger partial charge in [0.25, 0.3) is 11.8 Å². The number of hydrogen-bond donors (Lipinski definition) is 2. The topological polar surface area (TPSA) is 89.4 Å². The van der Waals surface area contributed by atoms with E-state index in [4.69, 9.17) is 4.74 Å². The number of esters is 1. The number of carbonyl (C=O) groups excluding carboxylic acids is 3. The minimum atomic E-state index is -4.48. The third kappa shape index (κ3) is 8.15. The molecule has 0 aliphatic rings. The Balaban J connectivity index is 1.32. The van der Waals surface area contributed by atoms with Crippen LogP contribution in [0.4, 0.5) is 18.9 Å². The number of methoxy groups -OCH3 is 1. The standard InChI is InChI=1S/C37H32F3N3O4/c1-24-7-11-26(12-8-24)27-13-9-25(10-14-27)22-41-36(46)33-21-30(23-43(33)20-19-34(44)47-2)42-35(45)32-6-4-3-5-31(32)28-15-17-29(18-16-28)37(38,39)40/h3-18,21,23H,19-20,22H2,1-2H3,(H,41,46)(H,42,45). The lowest BCUT2D eigenvalue weighted by atomic mass is 9.98. The molecule has 0 saturated carbocycles. The highest BCUT2D eigenvalue weighted by molar-refractivity contribution is 6.09. The molecular formula is C37H32F3N3O4. The Bertz CT molecular complexity index is 1880. The summed E-state index contributed by atoms with van der Waals surface area (Å²) in [5, 5.41) is 5.68. The Morgan fingerprint density at radius 1 is 0.787 bits per heavy atom. The molecule has 5 rings (SSSR count). The van der Waals surface area contributed by atoms with Crippen LogP contribution in [0.15, 0.2) is 109 Å². The number of aromatic nitrogens is 1. The lowest BCUT2D eigenvalue weighted by molar-refractivity contribution is -0.141. The maximum atomic E-state index is 13.4. The lowest BCUT2D eigenvalue weighted by Crippen LogP contribution is -2.25. The van der Waals surface area contributed by atoms with Crippen molar-refractivity contribution in [3.05, 3.63) is 137 Å². The minimum Gasteiger partial charge on any atom is -0.469 e. The Hall–Kier alpha value is -5.64. The van der Waals surface area contributed by atoms with Crippen LogP contribution in [0.5, 0.6) is 0 Å². The quantitative estimate of drug-likeness (QED) is 0.152. The summed E-state index contributed by atoms with van der Waals surface area (Å²) >= 11 is 0. The van der Waals surface area contributed by atoms with Gasteiger partial charge in [0.1, 0.15) is 5.69 Å². The van der Waals surface area contributed by atoms with Crippen molar-refractivity contribution in [3.8, 4) is 22.3 Å². The molecule has 1 aromatic heterocycles. The molecule has 2 N–H and O–H groups in total. The van der Waals surface area contributed by atoms with E-state index in [0.717, 1.165) is 28.8 Å². The SMILES string of the molecule is COC(=O)CCn1cc(NC(=O)c2ccccc2-c2ccc(C(F)(F)F)cc2)cc1C(=O)NCc1ccc(-c2ccc(C)cc2)cc1. The second kappa shape index (κ2) is 14.2. The molecule has 240 valence electrons. The van der Waals surface area contributed by atoms with Crippen molar-refractivity contribution in [1.82, 2.24) is 9.88 Å². The molecule has 5 aromatic rings. The van der Waals surface area contributed by atoms with Crippen molar-refractivity contribution in [1.29, 1.82) is 0 Å². The third-order valence-electron chi connectivity index (χ3n) is 7.66. The van der Waals surface area contributed by atoms with Gasteiger partial charge in [-0.05, 0) is 59.0 Å². The maximum absolute atomic E-state index is 13.4. The van der Waals surface area contributed by atoms with Crippen molar-refractivity contribution in [2.45, 2.75) is 32.6 Å². The number of anilines is 1. The number of carbonyl (C=O) groups is 3. The van der Waals surface area contributed by atoms with Crippen molar-refractivity contribution < 1.29 is 32.3 Å². The predicted molar refractivity (Wildman–Crippen MR) is 174 cm³/mol. The fourth-order valence-electron chi connectivity index (χ4n) is 5.07. The van der Waals surface area contributed by atoms with Gasteiger partial charge in [-0.25, -0.2) is 0 Å². The van der Waals surface area contributed by atoms with Crippen LogP contribution in [0.2, 0.25) is 0 Å². The van der Waals surface area contributed by atoms with Crippen LogP contribution in [-0.2, 0) is 28.8 Å². The number of alkyl halides is 3. The zero-order chi connectivity index (χ0) is 33.6. The van der Waals surface area contributed by atoms with Gasteiger partial charge in [-0.15, -0.1) is 0 Å². The van der Waals surface area contributed by atoms with E-state index < -0.39 is 29.5 Å². The van der Waals surface area contributed by atoms with Crippen molar-refractivity contribution in [2.75, 3.05) is 12.4 Å². The smallest absolute Gasteiger partial charge is 0.416 e. The van der Waals surface area contributed by atoms with Crippen molar-refractivity contribution in [2.24, 2.45) is 0 Å². The Morgan fingerprint density at radius 3 is 2.04 bits per heavy atom. The number of aryl methyl sites for hydroxylation is 2. The zero-order valence-electron chi connectivity index (χ0n) is 25.7. The molecule has 47 heavy (non-hydrogen) atoms. The Labute approximate surface area is 270 Å². The summed E-state index contributed by atoms with van der Waals surface area (Å²) in [6.45, 7) is 2.40. The highest BCUT2D eigenvalue weighted by Gasteiger charge is 2.30. The maximum Gasteiger partial charge on any atom is 0.416 e. The van der Waals surface area contributed by atoms with Gasteiger partial charge in [-0.3, -0.25) is 14.4 Å². The number of rotatable bonds is 10. The summed E-state index contributed by atoms with van der Waals surface area (Å²) < 4.78 is 45.6. The molecule has 0 unspecified atom stereocenters. The van der Waals surface area contributed by atoms with Crippen LogP contribution in [0.25, 0.3) is 22.3 Å². The van der Waals surface area contributed by atoms with E-state index in [1.54, 1.807) is 35.0 Å². The second-order valence-electron chi connectivity index (χ2n) is 11.0. The number of amides is 2. The summed E-state index contributed by atoms with van der Waals surface area (Å²) in [7, 11) is 1.27. The van der Waals surface area contributed by atoms with Gasteiger partial charge >= 0.3 is 12.1 Å². The van der Waals surface area contributed by atoms with Crippen LogP contribution in [0.1, 0.15) is 44.0 Å². The fourth-order valence-corrected chi connectivity index (χ4v) is 5.07. The lowest BCUT2D eigenvalue weighted by Gasteiger charge is -2.11. The summed E-state index contributed by atoms with van der Waals surface area (Å²) in [6.07, 6.45) is -2.93. The zero-order valence-corrected chi connectivity index (χ0v) is 25.7. The van der Waals surface area contributed by atoms with Crippen LogP contribution < -0.4 is 10.6 Å². The normalized spacial score (nSPS) is 11.2. The van der Waals surface area contributed by atoms with Crippen LogP contribution in [-0.4, -0.2) is 29.5 Å². The van der Waals surface area contributed by atoms with Gasteiger partial charge in [-0.1, -0.05) is 84.4 Å². The van der Waals surface area contributed by atoms with Gasteiger partial charge < -0.3 is 19.9 Å². The van der Waals surface area contributed by atoms with E-state index >= 15 is 0 Å². The van der Waals surface area contributed by atoms with E-state index in [-0.39, 0.29) is 30.8 Å². The van der Waals surface area contributed by atoms with Gasteiger partial charge in [0, 0.05) is 24.8 Å². The average Bonchev–Trinajstić information content (AvgIpc) is 3.48. The number of benzene rings is 4. The van der Waals surface area contributed by atoms with Crippen LogP contribution in [0, 0.1) is 6.92 Å². The molecule has 4 aromatic carbocycles. The van der Waals surface area contributed by atoms with E-state index in [2.05, 4.69) is 22.8 Å². The number of nitrogens with one attached hydrogen (secondary N) is 2. The molecule has 0 spiro atoms. The Kier molecular flexibility index (Phi) is 9.89. The molecule has 0 aliphatic carbocycles. The van der Waals surface area contributed by atoms with Gasteiger partial charge in [-0.2, -0.15) is 13.2 Å². The molecule has 0 aliphatic heterocycles. The van der Waals surface area contributed by atoms with Crippen LogP contribution >= 0.6 is 0 Å². The van der Waals surface area contributed by atoms with Gasteiger partial charge in [0.15, 0.2) is 0 Å². The number of ether oxygens (including phenoxy) is 1. The first kappa shape index (κ1) is 32.7. The number of hydrogen-bond acceptors (Lipinski definition) is 4. The van der Waals surface area contributed by atoms with Gasteiger partial charge in [0.05, 0.1) is 24.8 Å². The number of nitrogens with zero attached hydrogens (tertiary/aromatic N) is 1. The van der Waals surface area contributed by atoms with Gasteiger partial charge in [0.2, 0.25) is 0 Å². The summed E-state index contributed by atoms with van der Waals surface area (Å²) in [6, 6.07) is 28.7. The van der Waals surface area contributed by atoms with E-state index in [1.807, 2.05) is 43.3 Å². The summed E-state index contributed by atoms with van der Waals surface area (Å²) in [4.78, 5) is 38.6. The average molecular weight is 640 g/mol. The predicted octanol–water partition coefficient (Wildman–Crippen LogP) is 7.89. The minimum absolute atomic E-state index is 0.00390. The summed E-state index contributed by atoms with van der Waals surface area (Å²) in [5.74, 6) is -1.40. The molecule has 0 radical (unpaired) electrons. The molecule has 7 nitrogen and oxygen atoms in total. The molecule has 1 heterocycles. The molecule has 2 amide bonds. The van der Waals surface area contributed by atoms with E-state index in [1.165, 1.54) is 30.9 Å². The van der Waals surface area contributed by atoms with E-state index in [9.17, 15) is 27.6 Å². The first-order valence-electron chi connectivity index (χ1n) is 14.8. The molecule has 0 fully saturated rings. The monoisotopic (exact) mass is 639 g/mol. The number of halogens is 3. The first-order chi connectivity index (χ1) is 22.5. The molecule has 0 saturated heterocycles. The largest absolute Gasteiger partial charge is 0.469 e. The molecule has 0 bridgehead atoms. The molecular weight excluding hydrogens is 607 g/mol. The molecule has 10 heteroatoms. The fraction of sp³-hybridized carbons (Fsp3) is 0.162.